The average Bonchev–Trinajstić information content (AvgIpc) is 3.07. The van der Waals surface area contributed by atoms with E-state index in [2.05, 4.69) is 4.72 Å². The maximum atomic E-state index is 13.6. The molecule has 1 saturated heterocycles. The van der Waals surface area contributed by atoms with Crippen LogP contribution in [-0.2, 0) is 37.2 Å². The van der Waals surface area contributed by atoms with Crippen LogP contribution in [0.4, 0.5) is 10.1 Å². The lowest BCUT2D eigenvalue weighted by Gasteiger charge is -2.48. The van der Waals surface area contributed by atoms with Crippen LogP contribution < -0.4 is 9.62 Å². The number of aliphatic hydroxyl groups is 1. The summed E-state index contributed by atoms with van der Waals surface area (Å²) in [6, 6.07) is 21.3. The van der Waals surface area contributed by atoms with E-state index in [0.29, 0.717) is 44.2 Å². The fraction of sp³-hybridized carbons (Fsp3) is 0.447. The van der Waals surface area contributed by atoms with Gasteiger partial charge in [-0.1, -0.05) is 67.8 Å². The summed E-state index contributed by atoms with van der Waals surface area (Å²) >= 11 is 0. The third-order valence-corrected chi connectivity index (χ3v) is 10.0. The summed E-state index contributed by atoms with van der Waals surface area (Å²) < 4.78 is 38.3. The SMILES string of the molecule is CS(=O)(=O)NCCCCCCc1ccc(N2C(=O)C(CC[C@H](O)c3ccc(F)cc3)[C@H]2c2ccc(CCCCC(C(=O)O)C(=O)O)cc2)cc1. The van der Waals surface area contributed by atoms with E-state index in [9.17, 15) is 32.3 Å². The number of carboxylic acid groups (broad SMARTS) is 2. The summed E-state index contributed by atoms with van der Waals surface area (Å²) in [5.41, 5.74) is 4.48. The molecule has 270 valence electrons. The van der Waals surface area contributed by atoms with Crippen LogP contribution in [0.5, 0.6) is 0 Å². The van der Waals surface area contributed by atoms with E-state index in [-0.39, 0.29) is 30.1 Å². The molecular weight excluding hydrogens is 663 g/mol. The third kappa shape index (κ3) is 11.2. The second-order valence-electron chi connectivity index (χ2n) is 13.1. The Kier molecular flexibility index (Phi) is 14.1. The number of anilines is 1. The number of amides is 1. The molecule has 1 heterocycles. The lowest BCUT2D eigenvalue weighted by Crippen LogP contribution is -2.55. The van der Waals surface area contributed by atoms with Gasteiger partial charge in [-0.15, -0.1) is 0 Å². The number of halogens is 1. The molecule has 4 N–H and O–H groups in total. The highest BCUT2D eigenvalue weighted by Gasteiger charge is 2.48. The number of aryl methyl sites for hydroxylation is 2. The molecule has 4 rings (SSSR count). The van der Waals surface area contributed by atoms with Gasteiger partial charge in [0.1, 0.15) is 5.82 Å². The second-order valence-corrected chi connectivity index (χ2v) is 15.0. The minimum absolute atomic E-state index is 0.0350. The first-order valence-electron chi connectivity index (χ1n) is 17.2. The Morgan fingerprint density at radius 1 is 0.800 bits per heavy atom. The van der Waals surface area contributed by atoms with Crippen molar-refractivity contribution in [3.63, 3.8) is 0 Å². The van der Waals surface area contributed by atoms with Crippen molar-refractivity contribution in [3.8, 4) is 0 Å². The van der Waals surface area contributed by atoms with Gasteiger partial charge < -0.3 is 20.2 Å². The van der Waals surface area contributed by atoms with Gasteiger partial charge in [-0.25, -0.2) is 17.5 Å². The number of rotatable bonds is 21. The summed E-state index contributed by atoms with van der Waals surface area (Å²) in [6.07, 6.45) is 7.45. The largest absolute Gasteiger partial charge is 0.481 e. The minimum atomic E-state index is -3.16. The molecule has 0 saturated carbocycles. The smallest absolute Gasteiger partial charge is 0.317 e. The van der Waals surface area contributed by atoms with Crippen molar-refractivity contribution in [3.05, 3.63) is 101 Å². The first-order valence-corrected chi connectivity index (χ1v) is 19.1. The molecule has 1 aliphatic rings. The average molecular weight is 711 g/mol. The van der Waals surface area contributed by atoms with Gasteiger partial charge in [-0.2, -0.15) is 0 Å². The van der Waals surface area contributed by atoms with Gasteiger partial charge in [0.15, 0.2) is 5.92 Å². The van der Waals surface area contributed by atoms with Crippen molar-refractivity contribution in [2.75, 3.05) is 17.7 Å². The summed E-state index contributed by atoms with van der Waals surface area (Å²) in [6.45, 7) is 0.442. The van der Waals surface area contributed by atoms with Crippen molar-refractivity contribution in [1.29, 1.82) is 0 Å². The molecule has 1 fully saturated rings. The molecule has 0 aromatic heterocycles. The predicted octanol–water partition coefficient (Wildman–Crippen LogP) is 6.19. The fourth-order valence-electron chi connectivity index (χ4n) is 6.49. The number of unbranched alkanes of at least 4 members (excludes halogenated alkanes) is 4. The first kappa shape index (κ1) is 38.7. The number of carboxylic acids is 2. The molecule has 0 aliphatic carbocycles. The van der Waals surface area contributed by atoms with Crippen LogP contribution in [0.2, 0.25) is 0 Å². The molecule has 3 aromatic rings. The highest BCUT2D eigenvalue weighted by molar-refractivity contribution is 7.88. The lowest BCUT2D eigenvalue weighted by atomic mass is 9.78. The van der Waals surface area contributed by atoms with Crippen molar-refractivity contribution in [2.24, 2.45) is 11.8 Å². The Balaban J connectivity index is 1.39. The van der Waals surface area contributed by atoms with E-state index >= 15 is 0 Å². The molecule has 0 bridgehead atoms. The van der Waals surface area contributed by atoms with Crippen molar-refractivity contribution >= 4 is 33.6 Å². The molecule has 0 spiro atoms. The van der Waals surface area contributed by atoms with Gasteiger partial charge in [0.05, 0.1) is 24.3 Å². The molecular formula is C38H47FN2O8S. The van der Waals surface area contributed by atoms with E-state index in [0.717, 1.165) is 60.7 Å². The Morgan fingerprint density at radius 2 is 1.36 bits per heavy atom. The normalized spacial score (nSPS) is 16.7. The minimum Gasteiger partial charge on any atom is -0.481 e. The molecule has 0 radical (unpaired) electrons. The van der Waals surface area contributed by atoms with Gasteiger partial charge in [0.25, 0.3) is 0 Å². The van der Waals surface area contributed by atoms with Gasteiger partial charge in [0, 0.05) is 12.2 Å². The molecule has 12 heteroatoms. The van der Waals surface area contributed by atoms with Gasteiger partial charge in [-0.3, -0.25) is 14.4 Å². The number of aliphatic carboxylic acids is 2. The third-order valence-electron chi connectivity index (χ3n) is 9.32. The Morgan fingerprint density at radius 3 is 1.94 bits per heavy atom. The quantitative estimate of drug-likeness (QED) is 0.0578. The highest BCUT2D eigenvalue weighted by Crippen LogP contribution is 2.46. The van der Waals surface area contributed by atoms with Crippen LogP contribution >= 0.6 is 0 Å². The first-order chi connectivity index (χ1) is 23.8. The van der Waals surface area contributed by atoms with Crippen molar-refractivity contribution in [2.45, 2.75) is 82.8 Å². The molecule has 1 amide bonds. The zero-order valence-electron chi connectivity index (χ0n) is 28.3. The van der Waals surface area contributed by atoms with Crippen LogP contribution in [0, 0.1) is 17.7 Å². The number of sulfonamides is 1. The van der Waals surface area contributed by atoms with E-state index in [1.807, 2.05) is 48.5 Å². The number of aliphatic hydroxyl groups excluding tert-OH is 1. The van der Waals surface area contributed by atoms with E-state index < -0.39 is 34.0 Å². The van der Waals surface area contributed by atoms with E-state index in [1.165, 1.54) is 12.1 Å². The molecule has 3 atom stereocenters. The highest BCUT2D eigenvalue weighted by atomic mass is 32.2. The summed E-state index contributed by atoms with van der Waals surface area (Å²) in [5.74, 6) is -4.85. The van der Waals surface area contributed by atoms with Crippen LogP contribution in [0.15, 0.2) is 72.8 Å². The number of hydrogen-bond donors (Lipinski definition) is 4. The number of carbonyl (C=O) groups excluding carboxylic acids is 1. The number of β-lactam (4-membered cyclic amide) rings is 1. The topological polar surface area (TPSA) is 161 Å². The van der Waals surface area contributed by atoms with Gasteiger partial charge in [-0.05, 0) is 97.9 Å². The van der Waals surface area contributed by atoms with Crippen LogP contribution in [0.1, 0.15) is 92.2 Å². The maximum Gasteiger partial charge on any atom is 0.317 e. The van der Waals surface area contributed by atoms with E-state index in [1.54, 1.807) is 17.0 Å². The number of carbonyl (C=O) groups is 3. The van der Waals surface area contributed by atoms with Crippen molar-refractivity contribution < 1.29 is 42.5 Å². The van der Waals surface area contributed by atoms with Crippen molar-refractivity contribution in [1.82, 2.24) is 4.72 Å². The van der Waals surface area contributed by atoms with Crippen LogP contribution in [0.25, 0.3) is 0 Å². The Labute approximate surface area is 293 Å². The summed E-state index contributed by atoms with van der Waals surface area (Å²) in [7, 11) is -3.16. The van der Waals surface area contributed by atoms with Gasteiger partial charge >= 0.3 is 11.9 Å². The Bertz CT molecular complexity index is 1670. The molecule has 1 unspecified atom stereocenters. The molecule has 50 heavy (non-hydrogen) atoms. The van der Waals surface area contributed by atoms with Crippen LogP contribution in [0.3, 0.4) is 0 Å². The Hall–Kier alpha value is -4.13. The molecule has 3 aromatic carbocycles. The number of nitrogens with zero attached hydrogens (tertiary/aromatic N) is 1. The number of benzene rings is 3. The zero-order chi connectivity index (χ0) is 36.3. The lowest BCUT2D eigenvalue weighted by molar-refractivity contribution is -0.154. The fourth-order valence-corrected chi connectivity index (χ4v) is 7.00. The second kappa shape index (κ2) is 18.2. The monoisotopic (exact) mass is 710 g/mol. The number of nitrogens with one attached hydrogen (secondary N) is 1. The zero-order valence-corrected chi connectivity index (χ0v) is 29.2. The maximum absolute atomic E-state index is 13.6. The predicted molar refractivity (Wildman–Crippen MR) is 189 cm³/mol. The molecule has 1 aliphatic heterocycles. The number of hydrogen-bond acceptors (Lipinski definition) is 6. The van der Waals surface area contributed by atoms with Gasteiger partial charge in [0.2, 0.25) is 15.9 Å². The van der Waals surface area contributed by atoms with Crippen LogP contribution in [-0.4, -0.2) is 54.4 Å². The summed E-state index contributed by atoms with van der Waals surface area (Å²) in [5, 5.41) is 29.0. The standard InChI is InChI=1S/C38H47FN2O8S/c1-50(48,49)40-25-7-3-2-4-8-27-13-21-31(22-14-27)41-35(32(36(41)43)23-24-34(42)28-17-19-30(39)20-18-28)29-15-11-26(12-16-29)9-5-6-10-33(37(44)45)38(46)47/h11-22,32-35,40,42H,2-10,23-25H2,1H3,(H,44,45)(H,46,47)/t32?,34-,35+/m0/s1. The molecule has 10 nitrogen and oxygen atoms in total. The summed E-state index contributed by atoms with van der Waals surface area (Å²) in [4.78, 5) is 37.8. The van der Waals surface area contributed by atoms with E-state index in [4.69, 9.17) is 10.2 Å².